The molecule has 9 nitrogen and oxygen atoms in total. The van der Waals surface area contributed by atoms with Gasteiger partial charge in [0.2, 0.25) is 0 Å². The van der Waals surface area contributed by atoms with Gasteiger partial charge >= 0.3 is 10.4 Å². The Morgan fingerprint density at radius 3 is 2.26 bits per heavy atom. The van der Waals surface area contributed by atoms with E-state index in [0.29, 0.717) is 25.7 Å². The summed E-state index contributed by atoms with van der Waals surface area (Å²) in [6, 6.07) is 0. The van der Waals surface area contributed by atoms with Gasteiger partial charge in [-0.25, -0.2) is 4.18 Å². The maximum absolute atomic E-state index is 12.4. The summed E-state index contributed by atoms with van der Waals surface area (Å²) in [5.74, 6) is -0.888. The number of fused-ring (bicyclic) bond motifs is 5. The monoisotopic (exact) mass is 560 g/mol. The molecule has 0 saturated heterocycles. The van der Waals surface area contributed by atoms with Gasteiger partial charge in [0.15, 0.2) is 0 Å². The molecule has 4 aliphatic carbocycles. The molecule has 0 bridgehead atoms. The maximum atomic E-state index is 12.4. The molecule has 0 heterocycles. The van der Waals surface area contributed by atoms with E-state index >= 15 is 0 Å². The van der Waals surface area contributed by atoms with Crippen LogP contribution in [0.1, 0.15) is 79.6 Å². The van der Waals surface area contributed by atoms with Crippen molar-refractivity contribution in [3.8, 4) is 0 Å². The first-order chi connectivity index (χ1) is 17.4. The van der Waals surface area contributed by atoms with Crippen molar-refractivity contribution in [3.63, 3.8) is 0 Å². The van der Waals surface area contributed by atoms with Gasteiger partial charge in [-0.1, -0.05) is 46.8 Å². The normalized spacial score (nSPS) is 48.9. The first-order valence-corrected chi connectivity index (χ1v) is 15.5. The minimum atomic E-state index is -4.53. The zero-order valence-corrected chi connectivity index (χ0v) is 24.1. The predicted molar refractivity (Wildman–Crippen MR) is 141 cm³/mol. The Bertz CT molecular complexity index is 1020. The fourth-order valence-corrected chi connectivity index (χ4v) is 9.72. The summed E-state index contributed by atoms with van der Waals surface area (Å²) in [6.07, 6.45) is 4.25. The fraction of sp³-hybridized carbons (Fsp3) is 0.929. The van der Waals surface area contributed by atoms with Crippen LogP contribution in [0.15, 0.2) is 12.2 Å². The summed E-state index contributed by atoms with van der Waals surface area (Å²) in [5, 5.41) is 57.0. The molecule has 0 spiro atoms. The molecule has 10 heteroatoms. The average Bonchev–Trinajstić information content (AvgIpc) is 3.06. The molecule has 4 aliphatic rings. The molecule has 0 aromatic rings. The second-order valence-corrected chi connectivity index (χ2v) is 14.9. The van der Waals surface area contributed by atoms with E-state index in [-0.39, 0.29) is 49.0 Å². The number of aliphatic hydroxyl groups excluding tert-OH is 3. The topological polar surface area (TPSA) is 165 Å². The van der Waals surface area contributed by atoms with Gasteiger partial charge in [-0.3, -0.25) is 4.55 Å². The molecule has 4 fully saturated rings. The Balaban J connectivity index is 1.60. The van der Waals surface area contributed by atoms with Crippen LogP contribution >= 0.6 is 0 Å². The quantitative estimate of drug-likeness (QED) is 0.203. The van der Waals surface area contributed by atoms with Crippen LogP contribution in [-0.2, 0) is 14.6 Å². The number of aliphatic hydroxyl groups is 5. The summed E-state index contributed by atoms with van der Waals surface area (Å²) in [4.78, 5) is 0. The van der Waals surface area contributed by atoms with Crippen molar-refractivity contribution in [2.45, 2.75) is 109 Å². The van der Waals surface area contributed by atoms with Crippen LogP contribution in [-0.4, -0.2) is 74.6 Å². The van der Waals surface area contributed by atoms with Crippen molar-refractivity contribution in [3.05, 3.63) is 12.2 Å². The van der Waals surface area contributed by atoms with E-state index in [1.165, 1.54) is 0 Å². The Morgan fingerprint density at radius 1 is 1.00 bits per heavy atom. The lowest BCUT2D eigenvalue weighted by atomic mass is 9.40. The van der Waals surface area contributed by atoms with E-state index in [4.69, 9.17) is 4.55 Å². The highest BCUT2D eigenvalue weighted by Crippen LogP contribution is 2.70. The predicted octanol–water partition coefficient (Wildman–Crippen LogP) is 2.46. The second-order valence-electron chi connectivity index (χ2n) is 13.8. The molecule has 0 aromatic carbocycles. The van der Waals surface area contributed by atoms with Crippen LogP contribution in [0.5, 0.6) is 0 Å². The molecule has 0 aromatic heterocycles. The molecule has 12 atom stereocenters. The van der Waals surface area contributed by atoms with Gasteiger partial charge in [-0.05, 0) is 61.2 Å². The molecule has 6 N–H and O–H groups in total. The molecule has 220 valence electrons. The second kappa shape index (κ2) is 10.0. The Labute approximate surface area is 227 Å². The molecular formula is C28H48O9S. The Kier molecular flexibility index (Phi) is 8.03. The lowest BCUT2D eigenvalue weighted by Crippen LogP contribution is -2.75. The third-order valence-electron chi connectivity index (χ3n) is 11.5. The zero-order valence-electron chi connectivity index (χ0n) is 23.3. The summed E-state index contributed by atoms with van der Waals surface area (Å²) >= 11 is 0. The van der Waals surface area contributed by atoms with Gasteiger partial charge in [-0.2, -0.15) is 8.42 Å². The van der Waals surface area contributed by atoms with Gasteiger partial charge in [-0.15, -0.1) is 0 Å². The van der Waals surface area contributed by atoms with Gasteiger partial charge < -0.3 is 25.5 Å². The fourth-order valence-electron chi connectivity index (χ4n) is 9.39. The highest BCUT2D eigenvalue weighted by Gasteiger charge is 2.74. The van der Waals surface area contributed by atoms with Gasteiger partial charge in [0.05, 0.1) is 36.1 Å². The van der Waals surface area contributed by atoms with Crippen LogP contribution in [0.2, 0.25) is 0 Å². The molecule has 0 radical (unpaired) electrons. The first-order valence-electron chi connectivity index (χ1n) is 14.2. The van der Waals surface area contributed by atoms with E-state index < -0.39 is 56.7 Å². The van der Waals surface area contributed by atoms with Gasteiger partial charge in [0, 0.05) is 30.1 Å². The molecule has 38 heavy (non-hydrogen) atoms. The molecule has 3 unspecified atom stereocenters. The largest absolute Gasteiger partial charge is 0.397 e. The molecule has 0 amide bonds. The van der Waals surface area contributed by atoms with Crippen molar-refractivity contribution >= 4 is 10.4 Å². The summed E-state index contributed by atoms with van der Waals surface area (Å²) in [7, 11) is -4.53. The third-order valence-corrected chi connectivity index (χ3v) is 11.9. The molecule has 4 rings (SSSR count). The number of hydrogen-bond donors (Lipinski definition) is 6. The van der Waals surface area contributed by atoms with Crippen LogP contribution in [0.4, 0.5) is 0 Å². The van der Waals surface area contributed by atoms with Crippen molar-refractivity contribution in [2.24, 2.45) is 46.3 Å². The van der Waals surface area contributed by atoms with E-state index in [1.54, 1.807) is 0 Å². The van der Waals surface area contributed by atoms with Crippen LogP contribution in [0, 0.1) is 46.3 Å². The van der Waals surface area contributed by atoms with Crippen molar-refractivity contribution in [1.82, 2.24) is 0 Å². The van der Waals surface area contributed by atoms with E-state index in [9.17, 15) is 34.0 Å². The zero-order chi connectivity index (χ0) is 28.5. The standard InChI is InChI=1S/C28H48O9S/c1-16(2)18(15-37-38(34,35)36)7-6-17(3)20-12-21(30)24-25(20,4)10-9-22-26(5)11-8-19(29)13-28(26,33)23(31)14-27(22,24)32/h6-7,16-24,29-33H,8-15H2,1-5H3,(H,34,35,36)/b7-6+/t17?,18?,19?,20-,21+,22-,23-,24-,25-,26-,27+,28+/m1/s1. The lowest BCUT2D eigenvalue weighted by molar-refractivity contribution is -0.315. The van der Waals surface area contributed by atoms with Crippen molar-refractivity contribution in [2.75, 3.05) is 6.61 Å². The molecule has 4 saturated carbocycles. The first kappa shape index (κ1) is 30.4. The smallest absolute Gasteiger partial charge is 0.393 e. The minimum Gasteiger partial charge on any atom is -0.393 e. The number of rotatable bonds is 7. The summed E-state index contributed by atoms with van der Waals surface area (Å²) < 4.78 is 35.7. The van der Waals surface area contributed by atoms with Crippen LogP contribution in [0.25, 0.3) is 0 Å². The Morgan fingerprint density at radius 2 is 1.66 bits per heavy atom. The average molecular weight is 561 g/mol. The SMILES string of the molecule is CC(C)C(/C=C/C(C)[C@H]1C[C@H](O)[C@@H]2[C@]1(C)CC[C@H]1[C@@]2(O)C[C@@H](O)[C@@]2(O)CC(O)CC[C@]12C)COS(=O)(=O)O. The Hall–Kier alpha value is -0.590. The van der Waals surface area contributed by atoms with Crippen LogP contribution in [0.3, 0.4) is 0 Å². The highest BCUT2D eigenvalue weighted by atomic mass is 32.3. The lowest BCUT2D eigenvalue weighted by Gasteiger charge is -2.68. The van der Waals surface area contributed by atoms with E-state index in [0.717, 1.165) is 6.42 Å². The summed E-state index contributed by atoms with van der Waals surface area (Å²) in [5.41, 5.74) is -4.02. The summed E-state index contributed by atoms with van der Waals surface area (Å²) in [6.45, 7) is 9.85. The highest BCUT2D eigenvalue weighted by molar-refractivity contribution is 7.80. The maximum Gasteiger partial charge on any atom is 0.397 e. The van der Waals surface area contributed by atoms with Crippen molar-refractivity contribution in [1.29, 1.82) is 0 Å². The van der Waals surface area contributed by atoms with Crippen molar-refractivity contribution < 1.29 is 42.7 Å². The third kappa shape index (κ3) is 4.81. The number of allylic oxidation sites excluding steroid dienone is 1. The molecular weight excluding hydrogens is 512 g/mol. The number of hydrogen-bond acceptors (Lipinski definition) is 8. The van der Waals surface area contributed by atoms with E-state index in [1.807, 2.05) is 32.9 Å². The van der Waals surface area contributed by atoms with Gasteiger partial charge in [0.25, 0.3) is 0 Å². The molecule has 0 aliphatic heterocycles. The van der Waals surface area contributed by atoms with E-state index in [2.05, 4.69) is 18.0 Å². The minimum absolute atomic E-state index is 0.0117. The van der Waals surface area contributed by atoms with Gasteiger partial charge in [0.1, 0.15) is 0 Å². The van der Waals surface area contributed by atoms with Crippen LogP contribution < -0.4 is 0 Å².